The molecule has 0 bridgehead atoms. The quantitative estimate of drug-likeness (QED) is 0.504. The molecule has 1 heterocycles. The van der Waals surface area contributed by atoms with Crippen LogP contribution in [0.2, 0.25) is 0 Å². The molecule has 1 N–H and O–H groups in total. The van der Waals surface area contributed by atoms with E-state index in [4.69, 9.17) is 0 Å². The highest BCUT2D eigenvalue weighted by Crippen LogP contribution is 2.32. The first-order chi connectivity index (χ1) is 11.6. The third kappa shape index (κ3) is 3.28. The smallest absolute Gasteiger partial charge is 0.283 e. The van der Waals surface area contributed by atoms with E-state index >= 15 is 0 Å². The topological polar surface area (TPSA) is 90.1 Å². The number of carbonyl (C=O) groups excluding carboxylic acids is 1. The lowest BCUT2D eigenvalue weighted by molar-refractivity contribution is -0.387. The zero-order chi connectivity index (χ0) is 17.1. The highest BCUT2D eigenvalue weighted by molar-refractivity contribution is 7.98. The van der Waals surface area contributed by atoms with Crippen molar-refractivity contribution in [3.05, 3.63) is 46.1 Å². The average Bonchev–Trinajstić information content (AvgIpc) is 3.25. The molecule has 1 aliphatic rings. The van der Waals surface area contributed by atoms with Crippen molar-refractivity contribution in [2.75, 3.05) is 11.6 Å². The summed E-state index contributed by atoms with van der Waals surface area (Å²) in [5, 5.41) is 18.3. The highest BCUT2D eigenvalue weighted by Gasteiger charge is 2.22. The van der Waals surface area contributed by atoms with Gasteiger partial charge in [0.2, 0.25) is 0 Å². The molecule has 3 rings (SSSR count). The van der Waals surface area contributed by atoms with Gasteiger partial charge in [0.05, 0.1) is 22.1 Å². The third-order valence-corrected chi connectivity index (χ3v) is 5.01. The second-order valence-electron chi connectivity index (χ2n) is 5.70. The van der Waals surface area contributed by atoms with E-state index in [1.807, 2.05) is 4.68 Å². The van der Waals surface area contributed by atoms with E-state index in [-0.39, 0.29) is 17.2 Å². The molecular weight excluding hydrogens is 328 g/mol. The van der Waals surface area contributed by atoms with Crippen molar-refractivity contribution in [2.24, 2.45) is 0 Å². The summed E-state index contributed by atoms with van der Waals surface area (Å²) in [6, 6.07) is 6.58. The number of nitrogens with zero attached hydrogens (tertiary/aromatic N) is 3. The maximum absolute atomic E-state index is 12.5. The van der Waals surface area contributed by atoms with Gasteiger partial charge in [-0.25, -0.2) is 4.68 Å². The van der Waals surface area contributed by atoms with Gasteiger partial charge >= 0.3 is 0 Å². The highest BCUT2D eigenvalue weighted by atomic mass is 32.2. The molecule has 0 atom stereocenters. The standard InChI is InChI=1S/C16H18N4O3S/c1-24-14-7-6-11(10-13(14)20(22)23)16(21)18-15-8-9-17-19(15)12-4-2-3-5-12/h6-10,12H,2-5H2,1H3,(H,18,21). The minimum absolute atomic E-state index is 0.0561. The molecule has 1 aromatic carbocycles. The molecule has 24 heavy (non-hydrogen) atoms. The van der Waals surface area contributed by atoms with Crippen LogP contribution in [0, 0.1) is 10.1 Å². The molecule has 126 valence electrons. The number of amides is 1. The van der Waals surface area contributed by atoms with Crippen LogP contribution in [0.4, 0.5) is 11.5 Å². The van der Waals surface area contributed by atoms with Crippen LogP contribution in [0.15, 0.2) is 35.4 Å². The van der Waals surface area contributed by atoms with Crippen LogP contribution < -0.4 is 5.32 Å². The number of carbonyl (C=O) groups is 1. The molecule has 1 aromatic heterocycles. The van der Waals surface area contributed by atoms with Gasteiger partial charge in [-0.1, -0.05) is 12.8 Å². The van der Waals surface area contributed by atoms with Crippen molar-refractivity contribution in [3.8, 4) is 0 Å². The largest absolute Gasteiger partial charge is 0.307 e. The van der Waals surface area contributed by atoms with Crippen LogP contribution in [-0.2, 0) is 0 Å². The summed E-state index contributed by atoms with van der Waals surface area (Å²) in [6.07, 6.45) is 7.87. The van der Waals surface area contributed by atoms with E-state index in [2.05, 4.69) is 10.4 Å². The Bertz CT molecular complexity index is 768. The Morgan fingerprint density at radius 1 is 1.38 bits per heavy atom. The van der Waals surface area contributed by atoms with Gasteiger partial charge in [0.15, 0.2) is 0 Å². The van der Waals surface area contributed by atoms with E-state index in [1.165, 1.54) is 30.7 Å². The number of hydrogen-bond acceptors (Lipinski definition) is 5. The summed E-state index contributed by atoms with van der Waals surface area (Å²) >= 11 is 1.28. The number of nitrogens with one attached hydrogen (secondary N) is 1. The lowest BCUT2D eigenvalue weighted by Gasteiger charge is -2.14. The zero-order valence-corrected chi connectivity index (χ0v) is 14.1. The van der Waals surface area contributed by atoms with E-state index in [9.17, 15) is 14.9 Å². The number of nitro groups is 1. The Morgan fingerprint density at radius 2 is 2.12 bits per heavy atom. The summed E-state index contributed by atoms with van der Waals surface area (Å²) in [5.74, 6) is 0.258. The predicted molar refractivity (Wildman–Crippen MR) is 92.6 cm³/mol. The van der Waals surface area contributed by atoms with E-state index < -0.39 is 4.92 Å². The van der Waals surface area contributed by atoms with Crippen LogP contribution in [-0.4, -0.2) is 26.9 Å². The van der Waals surface area contributed by atoms with Gasteiger partial charge in [-0.05, 0) is 31.2 Å². The van der Waals surface area contributed by atoms with Gasteiger partial charge in [-0.2, -0.15) is 5.10 Å². The summed E-state index contributed by atoms with van der Waals surface area (Å²) in [7, 11) is 0. The number of anilines is 1. The van der Waals surface area contributed by atoms with Gasteiger partial charge < -0.3 is 5.32 Å². The first-order valence-electron chi connectivity index (χ1n) is 7.77. The Labute approximate surface area is 143 Å². The van der Waals surface area contributed by atoms with Gasteiger partial charge in [0.1, 0.15) is 5.82 Å². The van der Waals surface area contributed by atoms with E-state index in [0.29, 0.717) is 16.8 Å². The third-order valence-electron chi connectivity index (χ3n) is 4.22. The van der Waals surface area contributed by atoms with Crippen LogP contribution in [0.3, 0.4) is 0 Å². The van der Waals surface area contributed by atoms with E-state index in [1.54, 1.807) is 30.7 Å². The summed E-state index contributed by atoms with van der Waals surface area (Å²) in [6.45, 7) is 0. The molecule has 1 fully saturated rings. The molecule has 0 radical (unpaired) electrons. The Kier molecular flexibility index (Phi) is 4.84. The number of hydrogen-bond donors (Lipinski definition) is 1. The Balaban J connectivity index is 1.82. The van der Waals surface area contributed by atoms with Crippen molar-refractivity contribution in [3.63, 3.8) is 0 Å². The van der Waals surface area contributed by atoms with Crippen molar-refractivity contribution in [2.45, 2.75) is 36.6 Å². The number of thioether (sulfide) groups is 1. The van der Waals surface area contributed by atoms with E-state index in [0.717, 1.165) is 12.8 Å². The molecule has 1 saturated carbocycles. The van der Waals surface area contributed by atoms with Gasteiger partial charge in [0, 0.05) is 17.7 Å². The average molecular weight is 346 g/mol. The van der Waals surface area contributed by atoms with Crippen LogP contribution >= 0.6 is 11.8 Å². The summed E-state index contributed by atoms with van der Waals surface area (Å²) in [4.78, 5) is 23.7. The lowest BCUT2D eigenvalue weighted by Crippen LogP contribution is -2.17. The number of benzene rings is 1. The summed E-state index contributed by atoms with van der Waals surface area (Å²) < 4.78 is 1.84. The molecule has 8 heteroatoms. The molecule has 0 aliphatic heterocycles. The molecule has 1 amide bonds. The van der Waals surface area contributed by atoms with Crippen molar-refractivity contribution < 1.29 is 9.72 Å². The minimum atomic E-state index is -0.467. The molecular formula is C16H18N4O3S. The maximum Gasteiger partial charge on any atom is 0.283 e. The first kappa shape index (κ1) is 16.5. The molecule has 0 saturated heterocycles. The fourth-order valence-electron chi connectivity index (χ4n) is 3.02. The number of aromatic nitrogens is 2. The minimum Gasteiger partial charge on any atom is -0.307 e. The van der Waals surface area contributed by atoms with Crippen LogP contribution in [0.25, 0.3) is 0 Å². The fourth-order valence-corrected chi connectivity index (χ4v) is 3.56. The molecule has 1 aliphatic carbocycles. The zero-order valence-electron chi connectivity index (χ0n) is 13.3. The Hall–Kier alpha value is -2.35. The van der Waals surface area contributed by atoms with Crippen molar-refractivity contribution in [1.82, 2.24) is 9.78 Å². The molecule has 7 nitrogen and oxygen atoms in total. The SMILES string of the molecule is CSc1ccc(C(=O)Nc2ccnn2C2CCCC2)cc1[N+](=O)[O-]. The maximum atomic E-state index is 12.5. The van der Waals surface area contributed by atoms with Crippen LogP contribution in [0.1, 0.15) is 42.1 Å². The normalized spacial score (nSPS) is 14.7. The summed E-state index contributed by atoms with van der Waals surface area (Å²) in [5.41, 5.74) is 0.207. The first-order valence-corrected chi connectivity index (χ1v) is 9.00. The molecule has 0 spiro atoms. The van der Waals surface area contributed by atoms with Gasteiger partial charge in [-0.15, -0.1) is 11.8 Å². The lowest BCUT2D eigenvalue weighted by atomic mass is 10.2. The van der Waals surface area contributed by atoms with Gasteiger partial charge in [-0.3, -0.25) is 14.9 Å². The molecule has 0 unspecified atom stereocenters. The Morgan fingerprint density at radius 3 is 2.79 bits per heavy atom. The van der Waals surface area contributed by atoms with Crippen molar-refractivity contribution in [1.29, 1.82) is 0 Å². The fraction of sp³-hybridized carbons (Fsp3) is 0.375. The predicted octanol–water partition coefficient (Wildman–Crippen LogP) is 3.88. The second-order valence-corrected chi connectivity index (χ2v) is 6.55. The van der Waals surface area contributed by atoms with Crippen LogP contribution in [0.5, 0.6) is 0 Å². The molecule has 2 aromatic rings. The number of rotatable bonds is 5. The number of nitro benzene ring substituents is 1. The van der Waals surface area contributed by atoms with Crippen molar-refractivity contribution >= 4 is 29.2 Å². The van der Waals surface area contributed by atoms with Gasteiger partial charge in [0.25, 0.3) is 11.6 Å². The second kappa shape index (κ2) is 7.04. The monoisotopic (exact) mass is 346 g/mol.